The van der Waals surface area contributed by atoms with Crippen LogP contribution in [0.5, 0.6) is 0 Å². The molecule has 1 fully saturated rings. The summed E-state index contributed by atoms with van der Waals surface area (Å²) in [4.78, 5) is 14.7. The Labute approximate surface area is 143 Å². The largest absolute Gasteiger partial charge is 0.332 e. The van der Waals surface area contributed by atoms with Crippen LogP contribution in [0.2, 0.25) is 5.02 Å². The van der Waals surface area contributed by atoms with Crippen LogP contribution in [0.3, 0.4) is 0 Å². The smallest absolute Gasteiger partial charge is 0.254 e. The van der Waals surface area contributed by atoms with Crippen molar-refractivity contribution >= 4 is 40.1 Å². The first-order valence-corrected chi connectivity index (χ1v) is 8.43. The van der Waals surface area contributed by atoms with E-state index in [1.54, 1.807) is 0 Å². The first-order valence-electron chi connectivity index (χ1n) is 6.97. The predicted molar refractivity (Wildman–Crippen MR) is 93.6 cm³/mol. The summed E-state index contributed by atoms with van der Waals surface area (Å²) in [5.74, 6) is 0.107. The summed E-state index contributed by atoms with van der Waals surface area (Å²) in [6.45, 7) is 0.807. The fourth-order valence-corrected chi connectivity index (χ4v) is 3.60. The van der Waals surface area contributed by atoms with Crippen molar-refractivity contribution in [2.45, 2.75) is 18.9 Å². The maximum absolute atomic E-state index is 12.8. The lowest BCUT2D eigenvalue weighted by Crippen LogP contribution is -2.30. The summed E-state index contributed by atoms with van der Waals surface area (Å²) in [5.41, 5.74) is 1.88. The highest BCUT2D eigenvalue weighted by Gasteiger charge is 2.30. The van der Waals surface area contributed by atoms with Gasteiger partial charge in [0.25, 0.3) is 5.91 Å². The van der Waals surface area contributed by atoms with Crippen molar-refractivity contribution in [1.82, 2.24) is 4.90 Å². The van der Waals surface area contributed by atoms with Crippen LogP contribution < -0.4 is 0 Å². The normalized spacial score (nSPS) is 18.0. The van der Waals surface area contributed by atoms with Gasteiger partial charge >= 0.3 is 0 Å². The molecule has 0 spiro atoms. The minimum absolute atomic E-state index is 0.107. The van der Waals surface area contributed by atoms with Crippen LogP contribution in [-0.2, 0) is 0 Å². The van der Waals surface area contributed by atoms with Gasteiger partial charge in [-0.05, 0) is 71.3 Å². The zero-order valence-electron chi connectivity index (χ0n) is 11.4. The van der Waals surface area contributed by atoms with Crippen LogP contribution in [0.4, 0.5) is 0 Å². The maximum atomic E-state index is 12.8. The third-order valence-electron chi connectivity index (χ3n) is 3.82. The molecule has 0 aliphatic carbocycles. The predicted octanol–water partition coefficient (Wildman–Crippen LogP) is 4.92. The van der Waals surface area contributed by atoms with E-state index in [1.807, 2.05) is 47.4 Å². The van der Waals surface area contributed by atoms with Gasteiger partial charge in [0, 0.05) is 20.7 Å². The zero-order chi connectivity index (χ0) is 14.8. The lowest BCUT2D eigenvalue weighted by atomic mass is 10.0. The molecule has 1 amide bonds. The highest BCUT2D eigenvalue weighted by Crippen LogP contribution is 2.34. The molecule has 1 aliphatic heterocycles. The van der Waals surface area contributed by atoms with Crippen LogP contribution in [0.25, 0.3) is 0 Å². The molecule has 1 unspecified atom stereocenters. The molecule has 108 valence electrons. The summed E-state index contributed by atoms with van der Waals surface area (Å²) in [5, 5.41) is 0.723. The van der Waals surface area contributed by atoms with E-state index < -0.39 is 0 Å². The number of likely N-dealkylation sites (tertiary alicyclic amines) is 1. The number of hydrogen-bond donors (Lipinski definition) is 0. The van der Waals surface area contributed by atoms with Gasteiger partial charge in [-0.15, -0.1) is 0 Å². The number of hydrogen-bond acceptors (Lipinski definition) is 1. The molecule has 1 atom stereocenters. The van der Waals surface area contributed by atoms with Gasteiger partial charge in [-0.3, -0.25) is 4.79 Å². The highest BCUT2D eigenvalue weighted by atomic mass is 127. The summed E-state index contributed by atoms with van der Waals surface area (Å²) in [7, 11) is 0. The van der Waals surface area contributed by atoms with Gasteiger partial charge in [0.05, 0.1) is 6.04 Å². The van der Waals surface area contributed by atoms with Crippen molar-refractivity contribution < 1.29 is 4.79 Å². The maximum Gasteiger partial charge on any atom is 0.254 e. The quantitative estimate of drug-likeness (QED) is 0.642. The zero-order valence-corrected chi connectivity index (χ0v) is 14.3. The Bertz CT molecular complexity index is 673. The molecule has 2 aromatic rings. The minimum atomic E-state index is 0.107. The Hall–Kier alpha value is -1.07. The lowest BCUT2D eigenvalue weighted by molar-refractivity contribution is 0.0735. The molecule has 4 heteroatoms. The molecule has 21 heavy (non-hydrogen) atoms. The van der Waals surface area contributed by atoms with Crippen molar-refractivity contribution in [2.75, 3.05) is 6.54 Å². The SMILES string of the molecule is O=C(c1cccc(I)c1)N1CCCC1c1cccc(Cl)c1. The molecular formula is C17H15ClINO. The molecule has 2 nitrogen and oxygen atoms in total. The van der Waals surface area contributed by atoms with Crippen LogP contribution in [0.1, 0.15) is 34.8 Å². The summed E-state index contributed by atoms with van der Waals surface area (Å²) in [6.07, 6.45) is 2.03. The Morgan fingerprint density at radius 3 is 2.76 bits per heavy atom. The van der Waals surface area contributed by atoms with E-state index in [0.717, 1.165) is 39.1 Å². The second kappa shape index (κ2) is 6.36. The topological polar surface area (TPSA) is 20.3 Å². The van der Waals surface area contributed by atoms with Crippen LogP contribution in [0.15, 0.2) is 48.5 Å². The van der Waals surface area contributed by atoms with Gasteiger partial charge in [0.2, 0.25) is 0 Å². The fourth-order valence-electron chi connectivity index (χ4n) is 2.86. The van der Waals surface area contributed by atoms with Crippen LogP contribution in [0, 0.1) is 3.57 Å². The number of amides is 1. The van der Waals surface area contributed by atoms with E-state index in [-0.39, 0.29) is 11.9 Å². The molecule has 1 saturated heterocycles. The van der Waals surface area contributed by atoms with Crippen molar-refractivity contribution in [3.8, 4) is 0 Å². The Kier molecular flexibility index (Phi) is 4.50. The third kappa shape index (κ3) is 3.24. The summed E-state index contributed by atoms with van der Waals surface area (Å²) in [6, 6.07) is 15.7. The van der Waals surface area contributed by atoms with Crippen LogP contribution in [-0.4, -0.2) is 17.4 Å². The number of benzene rings is 2. The molecule has 2 aromatic carbocycles. The minimum Gasteiger partial charge on any atom is -0.332 e. The number of carbonyl (C=O) groups is 1. The molecule has 1 heterocycles. The van der Waals surface area contributed by atoms with Crippen molar-refractivity contribution in [1.29, 1.82) is 0 Å². The Morgan fingerprint density at radius 2 is 2.00 bits per heavy atom. The third-order valence-corrected chi connectivity index (χ3v) is 4.72. The molecule has 1 aliphatic rings. The second-order valence-electron chi connectivity index (χ2n) is 5.22. The number of rotatable bonds is 2. The average Bonchev–Trinajstić information content (AvgIpc) is 2.96. The van der Waals surface area contributed by atoms with Gasteiger partial charge in [0.15, 0.2) is 0 Å². The average molecular weight is 412 g/mol. The lowest BCUT2D eigenvalue weighted by Gasteiger charge is -2.25. The molecule has 0 saturated carbocycles. The standard InChI is InChI=1S/C17H15ClINO/c18-14-6-1-4-12(10-14)16-8-3-9-20(16)17(21)13-5-2-7-15(19)11-13/h1-2,4-7,10-11,16H,3,8-9H2. The van der Waals surface area contributed by atoms with Gasteiger partial charge in [-0.2, -0.15) is 0 Å². The van der Waals surface area contributed by atoms with E-state index in [0.29, 0.717) is 0 Å². The molecule has 0 radical (unpaired) electrons. The van der Waals surface area contributed by atoms with Gasteiger partial charge in [-0.1, -0.05) is 29.8 Å². The van der Waals surface area contributed by atoms with E-state index in [4.69, 9.17) is 11.6 Å². The Balaban J connectivity index is 1.89. The molecular weight excluding hydrogens is 397 g/mol. The monoisotopic (exact) mass is 411 g/mol. The Morgan fingerprint density at radius 1 is 1.19 bits per heavy atom. The van der Waals surface area contributed by atoms with Crippen LogP contribution >= 0.6 is 34.2 Å². The second-order valence-corrected chi connectivity index (χ2v) is 6.90. The molecule has 0 aromatic heterocycles. The van der Waals surface area contributed by atoms with Gasteiger partial charge in [-0.25, -0.2) is 0 Å². The number of nitrogens with zero attached hydrogens (tertiary/aromatic N) is 1. The summed E-state index contributed by atoms with van der Waals surface area (Å²) < 4.78 is 1.08. The summed E-state index contributed by atoms with van der Waals surface area (Å²) >= 11 is 8.32. The first kappa shape index (κ1) is 14.9. The van der Waals surface area contributed by atoms with E-state index >= 15 is 0 Å². The first-order chi connectivity index (χ1) is 10.1. The molecule has 3 rings (SSSR count). The van der Waals surface area contributed by atoms with Crippen molar-refractivity contribution in [3.63, 3.8) is 0 Å². The molecule has 0 N–H and O–H groups in total. The highest BCUT2D eigenvalue weighted by molar-refractivity contribution is 14.1. The van der Waals surface area contributed by atoms with Gasteiger partial charge in [0.1, 0.15) is 0 Å². The van der Waals surface area contributed by atoms with Crippen molar-refractivity contribution in [3.05, 3.63) is 68.3 Å². The van der Waals surface area contributed by atoms with Crippen molar-refractivity contribution in [2.24, 2.45) is 0 Å². The van der Waals surface area contributed by atoms with E-state index in [9.17, 15) is 4.79 Å². The van der Waals surface area contributed by atoms with E-state index in [1.165, 1.54) is 0 Å². The number of carbonyl (C=O) groups excluding carboxylic acids is 1. The molecule has 0 bridgehead atoms. The van der Waals surface area contributed by atoms with Gasteiger partial charge < -0.3 is 4.90 Å². The number of halogens is 2. The van der Waals surface area contributed by atoms with E-state index in [2.05, 4.69) is 28.7 Å². The fraction of sp³-hybridized carbons (Fsp3) is 0.235.